The van der Waals surface area contributed by atoms with E-state index in [0.717, 1.165) is 35.4 Å². The van der Waals surface area contributed by atoms with Crippen molar-refractivity contribution in [2.45, 2.75) is 11.7 Å². The Hall–Kier alpha value is -5.18. The van der Waals surface area contributed by atoms with Crippen molar-refractivity contribution >= 4 is 52.6 Å². The van der Waals surface area contributed by atoms with Crippen molar-refractivity contribution in [1.82, 2.24) is 10.3 Å². The quantitative estimate of drug-likeness (QED) is 0.236. The largest absolute Gasteiger partial charge is 0.492 e. The van der Waals surface area contributed by atoms with Gasteiger partial charge in [-0.1, -0.05) is 30.0 Å². The first-order valence-corrected chi connectivity index (χ1v) is 12.4. The molecule has 1 saturated heterocycles. The molecule has 0 radical (unpaired) electrons. The highest BCUT2D eigenvalue weighted by Gasteiger charge is 2.31. The molecule has 1 unspecified atom stereocenters. The number of aliphatic carboxylic acids is 4. The number of nitrogens with zero attached hydrogens (tertiary/aromatic N) is 2. The van der Waals surface area contributed by atoms with Gasteiger partial charge in [0.1, 0.15) is 18.2 Å². The fourth-order valence-corrected chi connectivity index (χ4v) is 3.60. The molecule has 3 rings (SSSR count). The van der Waals surface area contributed by atoms with Crippen LogP contribution in [0.3, 0.4) is 0 Å². The van der Waals surface area contributed by atoms with E-state index in [1.54, 1.807) is 6.20 Å². The fraction of sp³-hybridized carbons (Fsp3) is 0.192. The van der Waals surface area contributed by atoms with Crippen LogP contribution in [-0.2, 0) is 30.4 Å². The minimum atomic E-state index is -1.26. The zero-order valence-electron chi connectivity index (χ0n) is 21.6. The van der Waals surface area contributed by atoms with Crippen LogP contribution in [0.4, 0.5) is 10.6 Å². The lowest BCUT2D eigenvalue weighted by molar-refractivity contribution is -0.134. The molecule has 0 saturated carbocycles. The van der Waals surface area contributed by atoms with Gasteiger partial charge in [-0.25, -0.2) is 24.2 Å². The van der Waals surface area contributed by atoms with Crippen molar-refractivity contribution in [2.24, 2.45) is 0 Å². The molecule has 0 spiro atoms. The van der Waals surface area contributed by atoms with E-state index >= 15 is 0 Å². The second-order valence-corrected chi connectivity index (χ2v) is 8.88. The first-order valence-electron chi connectivity index (χ1n) is 11.5. The summed E-state index contributed by atoms with van der Waals surface area (Å²) in [6.07, 6.45) is 4.53. The van der Waals surface area contributed by atoms with Crippen molar-refractivity contribution in [2.75, 3.05) is 25.1 Å². The number of carbonyl (C=O) groups is 6. The standard InChI is InChI=1S/C18H19N3O3S.2C4H4O4/c1-21(16-4-2-3-9-19-16)10-11-24-14-7-5-13(6-8-14)12-15-17(22)20-18(23)25-15;2*5-3(6)1-2-4(7)8/h2-9,15H,10-12H2,1H3,(H,20,22,23);2*1-2H,(H,5,6)(H,7,8). The number of thioether (sulfide) groups is 1. The van der Waals surface area contributed by atoms with Crippen LogP contribution >= 0.6 is 11.8 Å². The van der Waals surface area contributed by atoms with Crippen molar-refractivity contribution in [3.8, 4) is 5.75 Å². The number of hydrogen-bond donors (Lipinski definition) is 5. The summed E-state index contributed by atoms with van der Waals surface area (Å²) in [5.74, 6) is -3.56. The van der Waals surface area contributed by atoms with E-state index in [4.69, 9.17) is 25.2 Å². The van der Waals surface area contributed by atoms with Gasteiger partial charge in [-0.05, 0) is 36.2 Å². The van der Waals surface area contributed by atoms with Crippen molar-refractivity contribution in [3.05, 3.63) is 78.5 Å². The highest BCUT2D eigenvalue weighted by molar-refractivity contribution is 8.15. The first kappa shape index (κ1) is 33.8. The van der Waals surface area contributed by atoms with Gasteiger partial charge in [0.25, 0.3) is 5.24 Å². The molecule has 14 nitrogen and oxygen atoms in total. The minimum Gasteiger partial charge on any atom is -0.492 e. The number of ether oxygens (including phenoxy) is 1. The minimum absolute atomic E-state index is 0.215. The van der Waals surface area contributed by atoms with Gasteiger partial charge in [-0.3, -0.25) is 14.9 Å². The fourth-order valence-electron chi connectivity index (χ4n) is 2.74. The number of nitrogens with one attached hydrogen (secondary N) is 1. The zero-order chi connectivity index (χ0) is 30.8. The first-order chi connectivity index (χ1) is 19.4. The molecule has 1 aliphatic rings. The maximum absolute atomic E-state index is 11.6. The Bertz CT molecular complexity index is 1200. The molecule has 5 N–H and O–H groups in total. The Morgan fingerprint density at radius 3 is 1.85 bits per heavy atom. The lowest BCUT2D eigenvalue weighted by atomic mass is 10.1. The molecule has 0 aliphatic carbocycles. The van der Waals surface area contributed by atoms with Crippen LogP contribution in [0.15, 0.2) is 73.0 Å². The average Bonchev–Trinajstić information content (AvgIpc) is 3.24. The van der Waals surface area contributed by atoms with Gasteiger partial charge in [0.05, 0.1) is 11.8 Å². The average molecular weight is 590 g/mol. The molecular formula is C26H27N3O11S. The van der Waals surface area contributed by atoms with Gasteiger partial charge in [0.15, 0.2) is 0 Å². The highest BCUT2D eigenvalue weighted by Crippen LogP contribution is 2.23. The van der Waals surface area contributed by atoms with E-state index < -0.39 is 23.9 Å². The second kappa shape index (κ2) is 18.2. The van der Waals surface area contributed by atoms with Gasteiger partial charge in [0.2, 0.25) is 5.91 Å². The summed E-state index contributed by atoms with van der Waals surface area (Å²) < 4.78 is 5.75. The number of amides is 2. The molecule has 41 heavy (non-hydrogen) atoms. The number of carboxylic acid groups (broad SMARTS) is 4. The van der Waals surface area contributed by atoms with Crippen LogP contribution in [0.2, 0.25) is 0 Å². The molecule has 1 aromatic heterocycles. The Labute approximate surface area is 238 Å². The molecule has 1 atom stereocenters. The van der Waals surface area contributed by atoms with Crippen molar-refractivity contribution in [1.29, 1.82) is 0 Å². The van der Waals surface area contributed by atoms with Crippen LogP contribution in [0.25, 0.3) is 0 Å². The lowest BCUT2D eigenvalue weighted by Crippen LogP contribution is -2.25. The van der Waals surface area contributed by atoms with Crippen LogP contribution in [-0.4, -0.2) is 85.9 Å². The van der Waals surface area contributed by atoms with Gasteiger partial charge in [-0.15, -0.1) is 0 Å². The third kappa shape index (κ3) is 15.7. The maximum atomic E-state index is 11.6. The molecule has 0 bridgehead atoms. The monoisotopic (exact) mass is 589 g/mol. The summed E-state index contributed by atoms with van der Waals surface area (Å²) in [7, 11) is 1.97. The van der Waals surface area contributed by atoms with Gasteiger partial charge in [0, 0.05) is 37.5 Å². The van der Waals surface area contributed by atoms with E-state index in [-0.39, 0.29) is 16.4 Å². The van der Waals surface area contributed by atoms with Gasteiger partial charge >= 0.3 is 23.9 Å². The zero-order valence-corrected chi connectivity index (χ0v) is 22.4. The third-order valence-electron chi connectivity index (χ3n) is 4.58. The smallest absolute Gasteiger partial charge is 0.328 e. The number of carbonyl (C=O) groups excluding carboxylic acids is 2. The number of likely N-dealkylation sites (N-methyl/N-ethyl adjacent to an activating group) is 1. The second-order valence-electron chi connectivity index (χ2n) is 7.71. The number of rotatable bonds is 11. The number of anilines is 1. The molecule has 2 amide bonds. The highest BCUT2D eigenvalue weighted by atomic mass is 32.2. The van der Waals surface area contributed by atoms with Crippen LogP contribution < -0.4 is 15.0 Å². The van der Waals surface area contributed by atoms with Gasteiger partial charge in [-0.2, -0.15) is 0 Å². The Balaban J connectivity index is 0.000000433. The summed E-state index contributed by atoms with van der Waals surface area (Å²) in [6.45, 7) is 1.27. The molecular weight excluding hydrogens is 562 g/mol. The van der Waals surface area contributed by atoms with E-state index in [0.29, 0.717) is 37.3 Å². The summed E-state index contributed by atoms with van der Waals surface area (Å²) in [4.78, 5) is 67.3. The summed E-state index contributed by atoms with van der Waals surface area (Å²) in [6, 6.07) is 13.4. The van der Waals surface area contributed by atoms with E-state index in [9.17, 15) is 28.8 Å². The lowest BCUT2D eigenvalue weighted by Gasteiger charge is -2.18. The number of pyridine rings is 1. The summed E-state index contributed by atoms with van der Waals surface area (Å²) in [5.41, 5.74) is 1.00. The number of aromatic nitrogens is 1. The van der Waals surface area contributed by atoms with Crippen molar-refractivity contribution < 1.29 is 53.9 Å². The normalized spacial score (nSPS) is 13.8. The molecule has 218 valence electrons. The summed E-state index contributed by atoms with van der Waals surface area (Å²) in [5, 5.41) is 32.9. The SMILES string of the molecule is CN(CCOc1ccc(CC2SC(=O)NC2=O)cc1)c1ccccn1.O=C(O)C=CC(=O)O.O=C(O)C=CC(=O)O. The summed E-state index contributed by atoms with van der Waals surface area (Å²) >= 11 is 1.05. The molecule has 1 aromatic carbocycles. The molecule has 1 aliphatic heterocycles. The molecule has 2 aromatic rings. The maximum Gasteiger partial charge on any atom is 0.328 e. The number of benzene rings is 1. The number of imide groups is 1. The predicted molar refractivity (Wildman–Crippen MR) is 147 cm³/mol. The van der Waals surface area contributed by atoms with Crippen LogP contribution in [0.5, 0.6) is 5.75 Å². The Morgan fingerprint density at radius 1 is 0.902 bits per heavy atom. The molecule has 15 heteroatoms. The van der Waals surface area contributed by atoms with E-state index in [1.807, 2.05) is 54.4 Å². The Morgan fingerprint density at radius 2 is 1.44 bits per heavy atom. The number of hydrogen-bond acceptors (Lipinski definition) is 10. The van der Waals surface area contributed by atoms with E-state index in [2.05, 4.69) is 10.3 Å². The van der Waals surface area contributed by atoms with E-state index in [1.165, 1.54) is 0 Å². The van der Waals surface area contributed by atoms with Crippen LogP contribution in [0.1, 0.15) is 5.56 Å². The predicted octanol–water partition coefficient (Wildman–Crippen LogP) is 1.91. The van der Waals surface area contributed by atoms with Crippen LogP contribution in [0, 0.1) is 0 Å². The van der Waals surface area contributed by atoms with Gasteiger partial charge < -0.3 is 30.1 Å². The third-order valence-corrected chi connectivity index (χ3v) is 5.57. The Kier molecular flexibility index (Phi) is 15.0. The number of carboxylic acids is 4. The molecule has 2 heterocycles. The molecule has 1 fully saturated rings. The van der Waals surface area contributed by atoms with Crippen molar-refractivity contribution in [3.63, 3.8) is 0 Å². The topological polar surface area (TPSA) is 221 Å².